The first kappa shape index (κ1) is 26.1. The molecule has 0 unspecified atom stereocenters. The molecule has 0 radical (unpaired) electrons. The molecule has 6 nitrogen and oxygen atoms in total. The number of benzene rings is 2. The van der Waals surface area contributed by atoms with Crippen molar-refractivity contribution in [1.82, 2.24) is 0 Å². The maximum atomic E-state index is 12.6. The van der Waals surface area contributed by atoms with Crippen LogP contribution in [-0.2, 0) is 20.9 Å². The highest BCUT2D eigenvalue weighted by molar-refractivity contribution is 5.87. The minimum absolute atomic E-state index is 0.0242. The minimum Gasteiger partial charge on any atom is -0.458 e. The Kier molecular flexibility index (Phi) is 9.96. The molecule has 1 saturated carbocycles. The van der Waals surface area contributed by atoms with Crippen LogP contribution in [0.5, 0.6) is 5.75 Å². The molecule has 0 aromatic heterocycles. The van der Waals surface area contributed by atoms with Gasteiger partial charge in [0.25, 0.3) is 0 Å². The van der Waals surface area contributed by atoms with Gasteiger partial charge in [0.2, 0.25) is 0 Å². The predicted octanol–water partition coefficient (Wildman–Crippen LogP) is 6.07. The van der Waals surface area contributed by atoms with E-state index >= 15 is 0 Å². The molecule has 1 aliphatic carbocycles. The molecule has 0 bridgehead atoms. The molecule has 1 fully saturated rings. The van der Waals surface area contributed by atoms with E-state index in [1.165, 1.54) is 25.3 Å². The smallest absolute Gasteiger partial charge is 0.331 e. The molecule has 0 saturated heterocycles. The first-order valence-corrected chi connectivity index (χ1v) is 12.4. The lowest BCUT2D eigenvalue weighted by atomic mass is 9.80. The van der Waals surface area contributed by atoms with Gasteiger partial charge in [0.1, 0.15) is 12.4 Å². The number of unbranched alkanes of at least 4 members (excludes halogenated alkanes) is 2. The Balaban J connectivity index is 1.40. The lowest BCUT2D eigenvalue weighted by Crippen LogP contribution is -2.25. The van der Waals surface area contributed by atoms with Crippen molar-refractivity contribution < 1.29 is 19.1 Å². The van der Waals surface area contributed by atoms with Gasteiger partial charge in [-0.15, -0.1) is 6.58 Å². The van der Waals surface area contributed by atoms with E-state index in [1.54, 1.807) is 48.5 Å². The van der Waals surface area contributed by atoms with Crippen molar-refractivity contribution in [3.05, 3.63) is 72.3 Å². The lowest BCUT2D eigenvalue weighted by molar-refractivity contribution is -0.140. The van der Waals surface area contributed by atoms with E-state index in [0.717, 1.165) is 43.6 Å². The van der Waals surface area contributed by atoms with Crippen molar-refractivity contribution in [2.24, 2.45) is 11.8 Å². The van der Waals surface area contributed by atoms with E-state index in [-0.39, 0.29) is 18.5 Å². The minimum atomic E-state index is -0.479. The third-order valence-corrected chi connectivity index (χ3v) is 6.50. The monoisotopic (exact) mass is 476 g/mol. The fourth-order valence-electron chi connectivity index (χ4n) is 4.36. The van der Waals surface area contributed by atoms with E-state index < -0.39 is 5.97 Å². The summed E-state index contributed by atoms with van der Waals surface area (Å²) in [6.07, 6.45) is 13.7. The highest BCUT2D eigenvalue weighted by Crippen LogP contribution is 2.33. The molecular weight excluding hydrogens is 440 g/mol. The van der Waals surface area contributed by atoms with Crippen LogP contribution in [0.3, 0.4) is 0 Å². The number of anilines is 2. The molecule has 6 heteroatoms. The van der Waals surface area contributed by atoms with Crippen molar-refractivity contribution >= 4 is 29.4 Å². The third-order valence-electron chi connectivity index (χ3n) is 6.50. The van der Waals surface area contributed by atoms with Crippen molar-refractivity contribution in [1.29, 1.82) is 0 Å². The average Bonchev–Trinajstić information content (AvgIpc) is 2.86. The summed E-state index contributed by atoms with van der Waals surface area (Å²) in [7, 11) is 0. The van der Waals surface area contributed by atoms with Crippen LogP contribution in [0.4, 0.5) is 11.4 Å². The van der Waals surface area contributed by atoms with Crippen LogP contribution in [0.15, 0.2) is 61.2 Å². The van der Waals surface area contributed by atoms with E-state index in [4.69, 9.17) is 20.9 Å². The Morgan fingerprint density at radius 3 is 2.43 bits per heavy atom. The van der Waals surface area contributed by atoms with Gasteiger partial charge >= 0.3 is 11.9 Å². The van der Waals surface area contributed by atoms with Crippen LogP contribution in [0.2, 0.25) is 0 Å². The number of allylic oxidation sites excluding steroid dienone is 1. The predicted molar refractivity (Wildman–Crippen MR) is 140 cm³/mol. The van der Waals surface area contributed by atoms with Gasteiger partial charge in [0.05, 0.1) is 5.92 Å². The second kappa shape index (κ2) is 13.4. The second-order valence-corrected chi connectivity index (χ2v) is 9.18. The molecule has 186 valence electrons. The van der Waals surface area contributed by atoms with Crippen LogP contribution >= 0.6 is 0 Å². The molecule has 0 amide bonds. The molecule has 3 rings (SSSR count). The molecule has 1 aliphatic rings. The van der Waals surface area contributed by atoms with Crippen LogP contribution in [0.1, 0.15) is 62.5 Å². The van der Waals surface area contributed by atoms with Crippen molar-refractivity contribution in [3.8, 4) is 5.75 Å². The number of hydrogen-bond acceptors (Lipinski definition) is 6. The quantitative estimate of drug-likeness (QED) is 0.102. The molecule has 2 aromatic carbocycles. The zero-order valence-electron chi connectivity index (χ0n) is 20.3. The van der Waals surface area contributed by atoms with Crippen LogP contribution < -0.4 is 16.2 Å². The highest BCUT2D eigenvalue weighted by Gasteiger charge is 2.27. The van der Waals surface area contributed by atoms with Gasteiger partial charge in [0, 0.05) is 23.0 Å². The summed E-state index contributed by atoms with van der Waals surface area (Å²) in [5.41, 5.74) is 14.1. The van der Waals surface area contributed by atoms with E-state index in [2.05, 4.69) is 6.58 Å². The summed E-state index contributed by atoms with van der Waals surface area (Å²) in [5, 5.41) is 0. The maximum Gasteiger partial charge on any atom is 0.331 e. The first-order valence-electron chi connectivity index (χ1n) is 12.4. The molecule has 2 aromatic rings. The fraction of sp³-hybridized carbons (Fsp3) is 0.379. The summed E-state index contributed by atoms with van der Waals surface area (Å²) in [6.45, 7) is 3.84. The second-order valence-electron chi connectivity index (χ2n) is 9.18. The number of nitrogen functional groups attached to an aromatic ring is 2. The number of esters is 2. The molecule has 4 N–H and O–H groups in total. The first-order chi connectivity index (χ1) is 16.9. The third kappa shape index (κ3) is 8.63. The SMILES string of the molecule is C=CCCCCC1CCC(C(=O)Oc2ccc(/C=C/C(=O)OCc3ccc(N)cc3N)cc2)CC1. The molecule has 0 aliphatic heterocycles. The molecule has 35 heavy (non-hydrogen) atoms. The summed E-state index contributed by atoms with van der Waals surface area (Å²) in [6, 6.07) is 12.1. The van der Waals surface area contributed by atoms with E-state index in [1.807, 2.05) is 6.08 Å². The van der Waals surface area contributed by atoms with Gasteiger partial charge in [-0.1, -0.05) is 37.1 Å². The molecular formula is C29H36N2O4. The Hall–Kier alpha value is -3.54. The number of nitrogens with two attached hydrogens (primary N) is 2. The zero-order chi connectivity index (χ0) is 25.0. The van der Waals surface area contributed by atoms with Gasteiger partial charge < -0.3 is 20.9 Å². The zero-order valence-corrected chi connectivity index (χ0v) is 20.3. The highest BCUT2D eigenvalue weighted by atomic mass is 16.5. The fourth-order valence-corrected chi connectivity index (χ4v) is 4.36. The maximum absolute atomic E-state index is 12.6. The Bertz CT molecular complexity index is 1020. The lowest BCUT2D eigenvalue weighted by Gasteiger charge is -2.27. The average molecular weight is 477 g/mol. The number of ether oxygens (including phenoxy) is 2. The van der Waals surface area contributed by atoms with Gasteiger partial charge in [-0.25, -0.2) is 4.79 Å². The van der Waals surface area contributed by atoms with Gasteiger partial charge in [-0.05, 0) is 80.3 Å². The van der Waals surface area contributed by atoms with Crippen LogP contribution in [0, 0.1) is 11.8 Å². The number of carbonyl (C=O) groups excluding carboxylic acids is 2. The number of hydrogen-bond donors (Lipinski definition) is 2. The number of rotatable bonds is 11. The van der Waals surface area contributed by atoms with E-state index in [9.17, 15) is 9.59 Å². The Morgan fingerprint density at radius 1 is 1.00 bits per heavy atom. The topological polar surface area (TPSA) is 105 Å². The Labute approximate surface area is 208 Å². The molecule has 0 atom stereocenters. The van der Waals surface area contributed by atoms with Crippen molar-refractivity contribution in [3.63, 3.8) is 0 Å². The van der Waals surface area contributed by atoms with Gasteiger partial charge in [-0.3, -0.25) is 4.79 Å². The standard InChI is InChI=1S/C29H36N2O4/c1-2-3-4-5-6-21-7-12-23(13-8-21)29(33)35-26-16-9-22(10-17-26)11-18-28(32)34-20-24-14-15-25(30)19-27(24)31/h2,9-11,14-19,21,23H,1,3-8,12-13,20,30-31H2/b18-11+. The van der Waals surface area contributed by atoms with Gasteiger partial charge in [-0.2, -0.15) is 0 Å². The van der Waals surface area contributed by atoms with Crippen molar-refractivity contribution in [2.45, 2.75) is 58.0 Å². The summed E-state index contributed by atoms with van der Waals surface area (Å²) in [5.74, 6) is 0.589. The summed E-state index contributed by atoms with van der Waals surface area (Å²) in [4.78, 5) is 24.6. The molecule has 0 heterocycles. The van der Waals surface area contributed by atoms with E-state index in [0.29, 0.717) is 22.7 Å². The van der Waals surface area contributed by atoms with Crippen LogP contribution in [-0.4, -0.2) is 11.9 Å². The molecule has 0 spiro atoms. The normalized spacial score (nSPS) is 17.7. The van der Waals surface area contributed by atoms with Crippen LogP contribution in [0.25, 0.3) is 6.08 Å². The largest absolute Gasteiger partial charge is 0.458 e. The summed E-state index contributed by atoms with van der Waals surface area (Å²) < 4.78 is 10.8. The Morgan fingerprint density at radius 2 is 1.74 bits per heavy atom. The summed E-state index contributed by atoms with van der Waals surface area (Å²) >= 11 is 0. The van der Waals surface area contributed by atoms with Crippen molar-refractivity contribution in [2.75, 3.05) is 11.5 Å². The van der Waals surface area contributed by atoms with Gasteiger partial charge in [0.15, 0.2) is 0 Å². The number of carbonyl (C=O) groups is 2.